The average molecular weight is 315 g/mol. The average Bonchev–Trinajstić information content (AvgIpc) is 2.90. The van der Waals surface area contributed by atoms with Gasteiger partial charge in [-0.15, -0.1) is 12.4 Å². The van der Waals surface area contributed by atoms with Gasteiger partial charge in [0.2, 0.25) is 5.91 Å². The maximum absolute atomic E-state index is 12.9. The number of carbonyl (C=O) groups excluding carboxylic acids is 1. The smallest absolute Gasteiger partial charge is 0.227 e. The first-order chi connectivity index (χ1) is 9.58. The molecule has 0 aromatic rings. The van der Waals surface area contributed by atoms with Crippen LogP contribution in [0.15, 0.2) is 0 Å². The van der Waals surface area contributed by atoms with Crippen molar-refractivity contribution in [3.63, 3.8) is 0 Å². The topological polar surface area (TPSA) is 46.3 Å². The molecule has 3 nitrogen and oxygen atoms in total. The van der Waals surface area contributed by atoms with Gasteiger partial charge in [0.15, 0.2) is 0 Å². The second-order valence-corrected chi connectivity index (χ2v) is 7.70. The van der Waals surface area contributed by atoms with Gasteiger partial charge in [0.25, 0.3) is 0 Å². The van der Waals surface area contributed by atoms with Crippen LogP contribution in [0.2, 0.25) is 0 Å². The van der Waals surface area contributed by atoms with Crippen molar-refractivity contribution >= 4 is 18.3 Å². The van der Waals surface area contributed by atoms with E-state index in [0.717, 1.165) is 24.9 Å². The van der Waals surface area contributed by atoms with E-state index in [4.69, 9.17) is 5.73 Å². The molecule has 3 rings (SSSR count). The van der Waals surface area contributed by atoms with Crippen LogP contribution in [0.5, 0.6) is 0 Å². The normalized spacial score (nSPS) is 39.2. The lowest BCUT2D eigenvalue weighted by Crippen LogP contribution is -2.47. The molecule has 0 radical (unpaired) electrons. The molecule has 2 N–H and O–H groups in total. The molecule has 122 valence electrons. The quantitative estimate of drug-likeness (QED) is 0.851. The summed E-state index contributed by atoms with van der Waals surface area (Å²) in [6, 6.07) is 0.144. The van der Waals surface area contributed by atoms with E-state index in [1.807, 2.05) is 0 Å². The highest BCUT2D eigenvalue weighted by Crippen LogP contribution is 2.48. The monoisotopic (exact) mass is 314 g/mol. The zero-order chi connectivity index (χ0) is 14.3. The summed E-state index contributed by atoms with van der Waals surface area (Å²) in [5.41, 5.74) is 6.34. The molecule has 0 aromatic heterocycles. The largest absolute Gasteiger partial charge is 0.342 e. The summed E-state index contributed by atoms with van der Waals surface area (Å²) < 4.78 is 0. The van der Waals surface area contributed by atoms with Gasteiger partial charge in [-0.2, -0.15) is 0 Å². The van der Waals surface area contributed by atoms with Crippen molar-refractivity contribution in [1.29, 1.82) is 0 Å². The number of halogens is 1. The second-order valence-electron chi connectivity index (χ2n) is 7.70. The Morgan fingerprint density at radius 3 is 2.43 bits per heavy atom. The Bertz CT molecular complexity index is 372. The number of likely N-dealkylation sites (tertiary alicyclic amines) is 1. The zero-order valence-electron chi connectivity index (χ0n) is 13.5. The maximum Gasteiger partial charge on any atom is 0.227 e. The third-order valence-electron chi connectivity index (χ3n) is 6.29. The molecule has 5 unspecified atom stereocenters. The van der Waals surface area contributed by atoms with Crippen LogP contribution in [0.3, 0.4) is 0 Å². The summed E-state index contributed by atoms with van der Waals surface area (Å²) in [6.45, 7) is 6.55. The van der Waals surface area contributed by atoms with Gasteiger partial charge in [-0.25, -0.2) is 0 Å². The highest BCUT2D eigenvalue weighted by atomic mass is 35.5. The van der Waals surface area contributed by atoms with Crippen LogP contribution in [-0.2, 0) is 4.79 Å². The van der Waals surface area contributed by atoms with E-state index in [0.29, 0.717) is 17.7 Å². The van der Waals surface area contributed by atoms with Crippen molar-refractivity contribution in [3.8, 4) is 0 Å². The molecule has 1 amide bonds. The zero-order valence-corrected chi connectivity index (χ0v) is 14.3. The molecule has 3 fully saturated rings. The van der Waals surface area contributed by atoms with E-state index < -0.39 is 0 Å². The first kappa shape index (κ1) is 17.1. The lowest BCUT2D eigenvalue weighted by molar-refractivity contribution is -0.137. The van der Waals surface area contributed by atoms with Crippen LogP contribution in [0.25, 0.3) is 0 Å². The maximum atomic E-state index is 12.9. The summed E-state index contributed by atoms with van der Waals surface area (Å²) in [5.74, 6) is 3.28. The summed E-state index contributed by atoms with van der Waals surface area (Å²) in [7, 11) is 0. The van der Waals surface area contributed by atoms with E-state index in [2.05, 4.69) is 18.7 Å². The van der Waals surface area contributed by atoms with Gasteiger partial charge >= 0.3 is 0 Å². The summed E-state index contributed by atoms with van der Waals surface area (Å²) in [4.78, 5) is 15.0. The Morgan fingerprint density at radius 2 is 1.81 bits per heavy atom. The number of amides is 1. The lowest BCUT2D eigenvalue weighted by atomic mass is 9.84. The number of rotatable bonds is 2. The molecule has 3 aliphatic rings. The molecule has 1 heterocycles. The highest BCUT2D eigenvalue weighted by Gasteiger charge is 2.50. The van der Waals surface area contributed by atoms with Crippen LogP contribution in [0.1, 0.15) is 52.4 Å². The number of hydrogen-bond donors (Lipinski definition) is 1. The number of carbonyl (C=O) groups is 1. The number of nitrogens with zero attached hydrogens (tertiary/aromatic N) is 1. The van der Waals surface area contributed by atoms with Gasteiger partial charge in [-0.3, -0.25) is 4.79 Å². The van der Waals surface area contributed by atoms with Crippen LogP contribution < -0.4 is 5.73 Å². The Hall–Kier alpha value is -0.280. The standard InChI is InChI=1S/C17H30N2O.ClH/c1-11(2)12-4-3-8-19(9-7-12)17(20)15-13-5-6-14(10-13)16(15)18;/h11-16H,3-10,18H2,1-2H3;1H. The molecule has 2 aliphatic carbocycles. The fourth-order valence-electron chi connectivity index (χ4n) is 4.92. The molecular weight excluding hydrogens is 284 g/mol. The Balaban J connectivity index is 0.00000161. The summed E-state index contributed by atoms with van der Waals surface area (Å²) in [5, 5.41) is 0. The third kappa shape index (κ3) is 3.24. The van der Waals surface area contributed by atoms with Crippen LogP contribution in [-0.4, -0.2) is 29.9 Å². The van der Waals surface area contributed by atoms with Crippen molar-refractivity contribution in [2.24, 2.45) is 35.3 Å². The fourth-order valence-corrected chi connectivity index (χ4v) is 4.92. The molecule has 1 aliphatic heterocycles. The lowest BCUT2D eigenvalue weighted by Gasteiger charge is -2.32. The van der Waals surface area contributed by atoms with Gasteiger partial charge in [-0.05, 0) is 62.2 Å². The van der Waals surface area contributed by atoms with E-state index in [1.54, 1.807) is 0 Å². The molecule has 2 saturated carbocycles. The summed E-state index contributed by atoms with van der Waals surface area (Å²) >= 11 is 0. The first-order valence-corrected chi connectivity index (χ1v) is 8.62. The minimum Gasteiger partial charge on any atom is -0.342 e. The van der Waals surface area contributed by atoms with Crippen LogP contribution in [0.4, 0.5) is 0 Å². The van der Waals surface area contributed by atoms with Crippen LogP contribution >= 0.6 is 12.4 Å². The molecule has 2 bridgehead atoms. The van der Waals surface area contributed by atoms with Crippen molar-refractivity contribution in [2.75, 3.05) is 13.1 Å². The van der Waals surface area contributed by atoms with Gasteiger partial charge in [0.05, 0.1) is 5.92 Å². The van der Waals surface area contributed by atoms with Crippen molar-refractivity contribution in [3.05, 3.63) is 0 Å². The molecule has 0 aromatic carbocycles. The highest BCUT2D eigenvalue weighted by molar-refractivity contribution is 5.85. The van der Waals surface area contributed by atoms with E-state index in [9.17, 15) is 4.79 Å². The van der Waals surface area contributed by atoms with Gasteiger partial charge in [0, 0.05) is 19.1 Å². The van der Waals surface area contributed by atoms with Gasteiger partial charge in [0.1, 0.15) is 0 Å². The van der Waals surface area contributed by atoms with Crippen molar-refractivity contribution < 1.29 is 4.79 Å². The van der Waals surface area contributed by atoms with Gasteiger partial charge < -0.3 is 10.6 Å². The number of nitrogens with two attached hydrogens (primary N) is 1. The van der Waals surface area contributed by atoms with Crippen LogP contribution in [0, 0.1) is 29.6 Å². The van der Waals surface area contributed by atoms with Crippen molar-refractivity contribution in [2.45, 2.75) is 58.4 Å². The predicted molar refractivity (Wildman–Crippen MR) is 88.3 cm³/mol. The molecule has 0 spiro atoms. The molecule has 4 heteroatoms. The number of fused-ring (bicyclic) bond motifs is 2. The third-order valence-corrected chi connectivity index (χ3v) is 6.29. The SMILES string of the molecule is CC(C)C1CCCN(C(=O)C2C3CCC(C3)C2N)CC1.Cl. The minimum atomic E-state index is 0. The molecule has 5 atom stereocenters. The van der Waals surface area contributed by atoms with E-state index in [-0.39, 0.29) is 24.4 Å². The Labute approximate surface area is 135 Å². The Kier molecular flexibility index (Phi) is 5.59. The van der Waals surface area contributed by atoms with E-state index in [1.165, 1.54) is 38.5 Å². The van der Waals surface area contributed by atoms with Gasteiger partial charge in [-0.1, -0.05) is 13.8 Å². The molecular formula is C17H31ClN2O. The first-order valence-electron chi connectivity index (χ1n) is 8.62. The predicted octanol–water partition coefficient (Wildman–Crippen LogP) is 3.07. The Morgan fingerprint density at radius 1 is 1.10 bits per heavy atom. The fraction of sp³-hybridized carbons (Fsp3) is 0.941. The van der Waals surface area contributed by atoms with E-state index >= 15 is 0 Å². The number of hydrogen-bond acceptors (Lipinski definition) is 2. The molecule has 21 heavy (non-hydrogen) atoms. The second kappa shape index (κ2) is 6.87. The van der Waals surface area contributed by atoms with Crippen molar-refractivity contribution in [1.82, 2.24) is 4.90 Å². The minimum absolute atomic E-state index is 0. The molecule has 1 saturated heterocycles. The summed E-state index contributed by atoms with van der Waals surface area (Å²) in [6.07, 6.45) is 7.33.